The van der Waals surface area contributed by atoms with E-state index in [2.05, 4.69) is 0 Å². The molecule has 0 heterocycles. The van der Waals surface area contributed by atoms with Crippen LogP contribution in [0.5, 0.6) is 0 Å². The Morgan fingerprint density at radius 3 is 1.59 bits per heavy atom. The van der Waals surface area contributed by atoms with Gasteiger partial charge in [-0.2, -0.15) is 0 Å². The highest BCUT2D eigenvalue weighted by Gasteiger charge is 2.57. The molecule has 7 N–H and O–H groups in total. The molecule has 1 unspecified atom stereocenters. The van der Waals surface area contributed by atoms with Crippen LogP contribution in [0.25, 0.3) is 0 Å². The first-order valence-electron chi connectivity index (χ1n) is 5.28. The molecular weight excluding hydrogens is 226 g/mol. The fourth-order valence-electron chi connectivity index (χ4n) is 2.13. The van der Waals surface area contributed by atoms with Crippen molar-refractivity contribution >= 4 is 17.7 Å². The van der Waals surface area contributed by atoms with E-state index in [1.165, 1.54) is 0 Å². The van der Waals surface area contributed by atoms with Crippen LogP contribution in [0.3, 0.4) is 0 Å². The number of hydrogen-bond donors (Lipinski definition) is 4. The van der Waals surface area contributed by atoms with E-state index >= 15 is 0 Å². The minimum Gasteiger partial charge on any atom is -0.378 e. The van der Waals surface area contributed by atoms with Crippen LogP contribution < -0.4 is 17.2 Å². The Bertz CT molecular complexity index is 338. The van der Waals surface area contributed by atoms with E-state index in [1.807, 2.05) is 0 Å². The summed E-state index contributed by atoms with van der Waals surface area (Å²) in [6.45, 7) is 3.15. The second kappa shape index (κ2) is 5.13. The van der Waals surface area contributed by atoms with Crippen molar-refractivity contribution in [3.8, 4) is 0 Å². The minimum absolute atomic E-state index is 0.0750. The lowest BCUT2D eigenvalue weighted by molar-refractivity contribution is -0.168. The van der Waals surface area contributed by atoms with E-state index in [-0.39, 0.29) is 12.8 Å². The third-order valence-corrected chi connectivity index (χ3v) is 3.31. The van der Waals surface area contributed by atoms with E-state index in [0.29, 0.717) is 0 Å². The summed E-state index contributed by atoms with van der Waals surface area (Å²) >= 11 is 0. The molecule has 0 aromatic carbocycles. The molecule has 98 valence electrons. The fraction of sp³-hybridized carbons (Fsp3) is 0.700. The maximum absolute atomic E-state index is 11.5. The molecule has 0 saturated carbocycles. The maximum Gasteiger partial charge on any atom is 0.251 e. The van der Waals surface area contributed by atoms with Gasteiger partial charge in [0.15, 0.2) is 5.60 Å². The molecule has 0 aromatic rings. The average Bonchev–Trinajstić information content (AvgIpc) is 2.18. The normalized spacial score (nSPS) is 15.0. The van der Waals surface area contributed by atoms with Crippen LogP contribution in [0.15, 0.2) is 0 Å². The molecule has 0 aromatic heterocycles. The van der Waals surface area contributed by atoms with Crippen LogP contribution in [0.2, 0.25) is 0 Å². The Kier molecular flexibility index (Phi) is 4.64. The van der Waals surface area contributed by atoms with E-state index < -0.39 is 35.2 Å². The molecule has 3 amide bonds. The van der Waals surface area contributed by atoms with Crippen molar-refractivity contribution in [2.24, 2.45) is 22.6 Å². The van der Waals surface area contributed by atoms with Crippen LogP contribution in [0.1, 0.15) is 33.1 Å². The van der Waals surface area contributed by atoms with Crippen LogP contribution in [0, 0.1) is 5.41 Å². The summed E-state index contributed by atoms with van der Waals surface area (Å²) in [6, 6.07) is 0. The largest absolute Gasteiger partial charge is 0.378 e. The summed E-state index contributed by atoms with van der Waals surface area (Å²) in [4.78, 5) is 33.8. The number of amides is 3. The van der Waals surface area contributed by atoms with Crippen molar-refractivity contribution in [2.75, 3.05) is 0 Å². The molecular formula is C10H19N3O4. The molecule has 0 bridgehead atoms. The fourth-order valence-corrected chi connectivity index (χ4v) is 2.13. The van der Waals surface area contributed by atoms with E-state index in [1.54, 1.807) is 13.8 Å². The van der Waals surface area contributed by atoms with E-state index in [0.717, 1.165) is 0 Å². The highest BCUT2D eigenvalue weighted by molar-refractivity contribution is 5.97. The zero-order chi connectivity index (χ0) is 13.9. The number of hydrogen-bond acceptors (Lipinski definition) is 4. The topological polar surface area (TPSA) is 150 Å². The average molecular weight is 245 g/mol. The van der Waals surface area contributed by atoms with Gasteiger partial charge in [0.25, 0.3) is 5.91 Å². The predicted octanol–water partition coefficient (Wildman–Crippen LogP) is -1.63. The van der Waals surface area contributed by atoms with Gasteiger partial charge in [0, 0.05) is 0 Å². The summed E-state index contributed by atoms with van der Waals surface area (Å²) in [6.07, 6.45) is -0.579. The number of primary amides is 3. The highest BCUT2D eigenvalue weighted by Crippen LogP contribution is 2.40. The van der Waals surface area contributed by atoms with Gasteiger partial charge in [0.2, 0.25) is 11.8 Å². The van der Waals surface area contributed by atoms with Crippen LogP contribution >= 0.6 is 0 Å². The second-order valence-corrected chi connectivity index (χ2v) is 4.02. The first-order chi connectivity index (χ1) is 7.67. The van der Waals surface area contributed by atoms with Gasteiger partial charge >= 0.3 is 0 Å². The zero-order valence-electron chi connectivity index (χ0n) is 10.0. The molecule has 7 nitrogen and oxygen atoms in total. The summed E-state index contributed by atoms with van der Waals surface area (Å²) < 4.78 is 0. The zero-order valence-corrected chi connectivity index (χ0v) is 10.0. The Hall–Kier alpha value is -1.63. The van der Waals surface area contributed by atoms with Crippen molar-refractivity contribution in [1.29, 1.82) is 0 Å². The lowest BCUT2D eigenvalue weighted by Crippen LogP contribution is -2.63. The quantitative estimate of drug-likeness (QED) is 0.425. The van der Waals surface area contributed by atoms with E-state index in [9.17, 15) is 19.5 Å². The molecule has 0 aliphatic carbocycles. The second-order valence-electron chi connectivity index (χ2n) is 4.02. The van der Waals surface area contributed by atoms with Crippen LogP contribution in [0.4, 0.5) is 0 Å². The van der Waals surface area contributed by atoms with Crippen LogP contribution in [-0.2, 0) is 14.4 Å². The first kappa shape index (κ1) is 15.4. The van der Waals surface area contributed by atoms with Gasteiger partial charge in [-0.25, -0.2) is 0 Å². The van der Waals surface area contributed by atoms with Crippen LogP contribution in [-0.4, -0.2) is 28.4 Å². The van der Waals surface area contributed by atoms with Gasteiger partial charge in [-0.15, -0.1) is 0 Å². The molecule has 0 rings (SSSR count). The van der Waals surface area contributed by atoms with Gasteiger partial charge < -0.3 is 22.3 Å². The molecule has 0 radical (unpaired) electrons. The van der Waals surface area contributed by atoms with Crippen molar-refractivity contribution in [2.45, 2.75) is 38.7 Å². The number of nitrogens with two attached hydrogens (primary N) is 3. The summed E-state index contributed by atoms with van der Waals surface area (Å²) in [7, 11) is 0. The molecule has 17 heavy (non-hydrogen) atoms. The standard InChI is InChI=1S/C10H19N3O4/c1-3-9(4-2,7(12)15)10(17,8(13)16)5-6(11)14/h17H,3-5H2,1-2H3,(H2,11,14)(H2,12,15)(H2,13,16). The minimum atomic E-state index is -2.35. The van der Waals surface area contributed by atoms with Gasteiger partial charge in [-0.05, 0) is 12.8 Å². The lowest BCUT2D eigenvalue weighted by atomic mass is 9.65. The number of carbonyl (C=O) groups excluding carboxylic acids is 3. The molecule has 1 atom stereocenters. The smallest absolute Gasteiger partial charge is 0.251 e. The lowest BCUT2D eigenvalue weighted by Gasteiger charge is -2.41. The van der Waals surface area contributed by atoms with Crippen molar-refractivity contribution < 1.29 is 19.5 Å². The Morgan fingerprint density at radius 2 is 1.41 bits per heavy atom. The highest BCUT2D eigenvalue weighted by atomic mass is 16.3. The Labute approximate surface area is 99.3 Å². The monoisotopic (exact) mass is 245 g/mol. The van der Waals surface area contributed by atoms with Gasteiger partial charge in [-0.3, -0.25) is 14.4 Å². The molecule has 7 heteroatoms. The van der Waals surface area contributed by atoms with Gasteiger partial charge in [0.05, 0.1) is 11.8 Å². The van der Waals surface area contributed by atoms with E-state index in [4.69, 9.17) is 17.2 Å². The third kappa shape index (κ3) is 2.38. The third-order valence-electron chi connectivity index (χ3n) is 3.31. The number of aliphatic hydroxyl groups is 1. The van der Waals surface area contributed by atoms with Gasteiger partial charge in [-0.1, -0.05) is 13.8 Å². The summed E-state index contributed by atoms with van der Waals surface area (Å²) in [5.41, 5.74) is 11.3. The Balaban J connectivity index is 5.77. The molecule has 0 aliphatic heterocycles. The van der Waals surface area contributed by atoms with Crippen molar-refractivity contribution in [1.82, 2.24) is 0 Å². The maximum atomic E-state index is 11.5. The molecule has 0 aliphatic rings. The Morgan fingerprint density at radius 1 is 1.00 bits per heavy atom. The summed E-state index contributed by atoms with van der Waals surface area (Å²) in [5, 5.41) is 10.3. The molecule has 0 spiro atoms. The van der Waals surface area contributed by atoms with Crippen molar-refractivity contribution in [3.63, 3.8) is 0 Å². The summed E-state index contributed by atoms with van der Waals surface area (Å²) in [5.74, 6) is -3.00. The predicted molar refractivity (Wildman–Crippen MR) is 60.2 cm³/mol. The number of rotatable bonds is 7. The molecule has 0 saturated heterocycles. The number of carbonyl (C=O) groups is 3. The SMILES string of the molecule is CCC(CC)(C(N)=O)C(O)(CC(N)=O)C(N)=O. The molecule has 0 fully saturated rings. The first-order valence-corrected chi connectivity index (χ1v) is 5.28. The van der Waals surface area contributed by atoms with Crippen molar-refractivity contribution in [3.05, 3.63) is 0 Å². The van der Waals surface area contributed by atoms with Gasteiger partial charge in [0.1, 0.15) is 0 Å².